The Labute approximate surface area is 140 Å². The number of ether oxygens (including phenoxy) is 1. The average molecular weight is 394 g/mol. The maximum absolute atomic E-state index is 13.6. The van der Waals surface area contributed by atoms with Crippen molar-refractivity contribution in [3.05, 3.63) is 61.8 Å². The van der Waals surface area contributed by atoms with E-state index in [0.717, 1.165) is 0 Å². The standard InChI is InChI=1S/C15H12BrCl2FO2/c1-2-21-14-7-11(17)9(6-12(14)18)15(20)8-3-4-10(16)13(19)5-8/h3-7,15,20H,2H2,1H3. The molecule has 0 aliphatic rings. The number of rotatable bonds is 4. The quantitative estimate of drug-likeness (QED) is 0.755. The molecule has 0 aliphatic heterocycles. The second-order valence-electron chi connectivity index (χ2n) is 4.31. The molecule has 0 saturated carbocycles. The zero-order valence-corrected chi connectivity index (χ0v) is 14.1. The van der Waals surface area contributed by atoms with Gasteiger partial charge in [-0.25, -0.2) is 4.39 Å². The first kappa shape index (κ1) is 16.6. The Bertz CT molecular complexity index is 664. The highest BCUT2D eigenvalue weighted by molar-refractivity contribution is 9.10. The van der Waals surface area contributed by atoms with Gasteiger partial charge in [-0.3, -0.25) is 0 Å². The molecule has 0 heterocycles. The molecule has 6 heteroatoms. The third-order valence-corrected chi connectivity index (χ3v) is 4.17. The Morgan fingerprint density at radius 2 is 1.95 bits per heavy atom. The predicted octanol–water partition coefficient (Wildman–Crippen LogP) is 5.38. The van der Waals surface area contributed by atoms with E-state index >= 15 is 0 Å². The van der Waals surface area contributed by atoms with Crippen LogP contribution in [-0.2, 0) is 0 Å². The largest absolute Gasteiger partial charge is 0.492 e. The molecular weight excluding hydrogens is 382 g/mol. The Morgan fingerprint density at radius 3 is 2.57 bits per heavy atom. The third kappa shape index (κ3) is 3.69. The van der Waals surface area contributed by atoms with Crippen LogP contribution in [0.3, 0.4) is 0 Å². The van der Waals surface area contributed by atoms with Crippen LogP contribution in [0, 0.1) is 5.82 Å². The predicted molar refractivity (Wildman–Crippen MR) is 85.8 cm³/mol. The van der Waals surface area contributed by atoms with Crippen LogP contribution in [-0.4, -0.2) is 11.7 Å². The van der Waals surface area contributed by atoms with Crippen LogP contribution in [0.5, 0.6) is 5.75 Å². The van der Waals surface area contributed by atoms with Crippen molar-refractivity contribution in [1.82, 2.24) is 0 Å². The first-order valence-electron chi connectivity index (χ1n) is 6.18. The molecule has 1 atom stereocenters. The number of benzene rings is 2. The molecule has 0 saturated heterocycles. The molecular formula is C15H12BrCl2FO2. The van der Waals surface area contributed by atoms with Gasteiger partial charge in [0.25, 0.3) is 0 Å². The molecule has 0 spiro atoms. The molecule has 0 aliphatic carbocycles. The molecule has 2 nitrogen and oxygen atoms in total. The van der Waals surface area contributed by atoms with Crippen LogP contribution in [0.25, 0.3) is 0 Å². The van der Waals surface area contributed by atoms with Crippen molar-refractivity contribution in [3.8, 4) is 5.75 Å². The van der Waals surface area contributed by atoms with Gasteiger partial charge in [-0.2, -0.15) is 0 Å². The minimum atomic E-state index is -1.08. The molecule has 21 heavy (non-hydrogen) atoms. The van der Waals surface area contributed by atoms with Gasteiger partial charge in [-0.1, -0.05) is 29.3 Å². The molecule has 0 fully saturated rings. The van der Waals surface area contributed by atoms with Crippen LogP contribution in [0.1, 0.15) is 24.2 Å². The van der Waals surface area contributed by atoms with Gasteiger partial charge in [0.1, 0.15) is 17.7 Å². The minimum Gasteiger partial charge on any atom is -0.492 e. The van der Waals surface area contributed by atoms with Crippen molar-refractivity contribution >= 4 is 39.1 Å². The summed E-state index contributed by atoms with van der Waals surface area (Å²) in [7, 11) is 0. The summed E-state index contributed by atoms with van der Waals surface area (Å²) in [6, 6.07) is 7.45. The highest BCUT2D eigenvalue weighted by Gasteiger charge is 2.18. The van der Waals surface area contributed by atoms with E-state index in [9.17, 15) is 9.50 Å². The van der Waals surface area contributed by atoms with Gasteiger partial charge in [0.15, 0.2) is 0 Å². The maximum atomic E-state index is 13.6. The van der Waals surface area contributed by atoms with Crippen molar-refractivity contribution in [2.75, 3.05) is 6.61 Å². The van der Waals surface area contributed by atoms with Gasteiger partial charge >= 0.3 is 0 Å². The number of hydrogen-bond donors (Lipinski definition) is 1. The Balaban J connectivity index is 2.40. The molecule has 2 rings (SSSR count). The summed E-state index contributed by atoms with van der Waals surface area (Å²) >= 11 is 15.3. The normalized spacial score (nSPS) is 12.3. The summed E-state index contributed by atoms with van der Waals surface area (Å²) in [5, 5.41) is 11.0. The summed E-state index contributed by atoms with van der Waals surface area (Å²) in [6.07, 6.45) is -1.08. The summed E-state index contributed by atoms with van der Waals surface area (Å²) in [4.78, 5) is 0. The van der Waals surface area contributed by atoms with Gasteiger partial charge in [-0.15, -0.1) is 0 Å². The zero-order valence-electron chi connectivity index (χ0n) is 11.0. The molecule has 0 radical (unpaired) electrons. The summed E-state index contributed by atoms with van der Waals surface area (Å²) < 4.78 is 19.2. The van der Waals surface area contributed by atoms with E-state index in [1.165, 1.54) is 18.2 Å². The second-order valence-corrected chi connectivity index (χ2v) is 5.98. The monoisotopic (exact) mass is 392 g/mol. The molecule has 2 aromatic carbocycles. The zero-order chi connectivity index (χ0) is 15.6. The van der Waals surface area contributed by atoms with E-state index in [1.807, 2.05) is 6.92 Å². The lowest BCUT2D eigenvalue weighted by molar-refractivity contribution is 0.219. The van der Waals surface area contributed by atoms with Crippen molar-refractivity contribution in [3.63, 3.8) is 0 Å². The number of aliphatic hydroxyl groups is 1. The van der Waals surface area contributed by atoms with Gasteiger partial charge in [-0.05, 0) is 46.6 Å². The van der Waals surface area contributed by atoms with Crippen LogP contribution in [0.15, 0.2) is 34.8 Å². The van der Waals surface area contributed by atoms with E-state index in [1.54, 1.807) is 12.1 Å². The lowest BCUT2D eigenvalue weighted by atomic mass is 10.0. The van der Waals surface area contributed by atoms with Crippen molar-refractivity contribution in [2.45, 2.75) is 13.0 Å². The highest BCUT2D eigenvalue weighted by Crippen LogP contribution is 2.36. The molecule has 1 unspecified atom stereocenters. The van der Waals surface area contributed by atoms with E-state index in [0.29, 0.717) is 38.0 Å². The summed E-state index contributed by atoms with van der Waals surface area (Å²) in [5.74, 6) is -0.0122. The molecule has 0 amide bonds. The van der Waals surface area contributed by atoms with Crippen molar-refractivity contribution in [2.24, 2.45) is 0 Å². The van der Waals surface area contributed by atoms with E-state index in [-0.39, 0.29) is 0 Å². The van der Waals surface area contributed by atoms with Gasteiger partial charge in [0.2, 0.25) is 0 Å². The smallest absolute Gasteiger partial charge is 0.139 e. The third-order valence-electron chi connectivity index (χ3n) is 2.91. The highest BCUT2D eigenvalue weighted by atomic mass is 79.9. The van der Waals surface area contributed by atoms with Crippen LogP contribution >= 0.6 is 39.1 Å². The van der Waals surface area contributed by atoms with Crippen LogP contribution < -0.4 is 4.74 Å². The van der Waals surface area contributed by atoms with Crippen LogP contribution in [0.4, 0.5) is 4.39 Å². The topological polar surface area (TPSA) is 29.5 Å². The van der Waals surface area contributed by atoms with Crippen LogP contribution in [0.2, 0.25) is 10.0 Å². The molecule has 0 bridgehead atoms. The minimum absolute atomic E-state index is 0.304. The fourth-order valence-electron chi connectivity index (χ4n) is 1.88. The fraction of sp³-hybridized carbons (Fsp3) is 0.200. The van der Waals surface area contributed by atoms with E-state index in [2.05, 4.69) is 15.9 Å². The first-order valence-corrected chi connectivity index (χ1v) is 7.73. The lowest BCUT2D eigenvalue weighted by Gasteiger charge is -2.16. The van der Waals surface area contributed by atoms with Gasteiger partial charge in [0.05, 0.1) is 21.1 Å². The lowest BCUT2D eigenvalue weighted by Crippen LogP contribution is -2.02. The SMILES string of the molecule is CCOc1cc(Cl)c(C(O)c2ccc(Br)c(F)c2)cc1Cl. The molecule has 1 N–H and O–H groups in total. The molecule has 112 valence electrons. The van der Waals surface area contributed by atoms with Gasteiger partial charge < -0.3 is 9.84 Å². The first-order chi connectivity index (χ1) is 9.93. The molecule has 2 aromatic rings. The molecule has 0 aromatic heterocycles. The van der Waals surface area contributed by atoms with Crippen molar-refractivity contribution in [1.29, 1.82) is 0 Å². The van der Waals surface area contributed by atoms with E-state index in [4.69, 9.17) is 27.9 Å². The summed E-state index contributed by atoms with van der Waals surface area (Å²) in [5.41, 5.74) is 0.782. The Kier molecular flexibility index (Phi) is 5.49. The second kappa shape index (κ2) is 6.97. The number of halogens is 4. The number of aliphatic hydroxyl groups excluding tert-OH is 1. The van der Waals surface area contributed by atoms with Gasteiger partial charge in [0, 0.05) is 11.6 Å². The summed E-state index contributed by atoms with van der Waals surface area (Å²) in [6.45, 7) is 2.29. The van der Waals surface area contributed by atoms with E-state index < -0.39 is 11.9 Å². The Hall–Kier alpha value is -0.810. The number of hydrogen-bond acceptors (Lipinski definition) is 2. The maximum Gasteiger partial charge on any atom is 0.139 e. The average Bonchev–Trinajstić information content (AvgIpc) is 2.45. The Morgan fingerprint density at radius 1 is 1.24 bits per heavy atom. The van der Waals surface area contributed by atoms with Crippen molar-refractivity contribution < 1.29 is 14.2 Å². The fourth-order valence-corrected chi connectivity index (χ4v) is 2.61.